The van der Waals surface area contributed by atoms with E-state index in [1.54, 1.807) is 11.1 Å². The Labute approximate surface area is 120 Å². The Hall–Kier alpha value is -0.300. The second kappa shape index (κ2) is 5.77. The Kier molecular flexibility index (Phi) is 4.53. The van der Waals surface area contributed by atoms with Gasteiger partial charge in [-0.25, -0.2) is 0 Å². The first-order valence-corrected chi connectivity index (χ1v) is 8.13. The zero-order valence-electron chi connectivity index (χ0n) is 11.9. The van der Waals surface area contributed by atoms with E-state index in [9.17, 15) is 0 Å². The summed E-state index contributed by atoms with van der Waals surface area (Å²) in [5, 5.41) is 0. The summed E-state index contributed by atoms with van der Waals surface area (Å²) in [5.41, 5.74) is 5.08. The van der Waals surface area contributed by atoms with Gasteiger partial charge in [-0.05, 0) is 60.6 Å². The van der Waals surface area contributed by atoms with Gasteiger partial charge < -0.3 is 0 Å². The van der Waals surface area contributed by atoms with Crippen molar-refractivity contribution < 1.29 is 0 Å². The van der Waals surface area contributed by atoms with Crippen LogP contribution in [0, 0.1) is 5.41 Å². The van der Waals surface area contributed by atoms with E-state index < -0.39 is 0 Å². The predicted octanol–water partition coefficient (Wildman–Crippen LogP) is 5.83. The number of benzene rings is 1. The van der Waals surface area contributed by atoms with Crippen molar-refractivity contribution in [3.63, 3.8) is 0 Å². The fourth-order valence-electron chi connectivity index (χ4n) is 2.67. The molecule has 0 amide bonds. The van der Waals surface area contributed by atoms with Crippen LogP contribution in [-0.2, 0) is 12.8 Å². The van der Waals surface area contributed by atoms with Gasteiger partial charge in [-0.15, -0.1) is 0 Å². The van der Waals surface area contributed by atoms with Crippen molar-refractivity contribution in [3.05, 3.63) is 34.9 Å². The van der Waals surface area contributed by atoms with E-state index in [1.165, 1.54) is 44.1 Å². The molecule has 2 rings (SSSR count). The number of hydrogen-bond donors (Lipinski definition) is 0. The second-order valence-electron chi connectivity index (χ2n) is 6.80. The number of hydrogen-bond acceptors (Lipinski definition) is 0. The first-order valence-electron chi connectivity index (χ1n) is 7.21. The van der Waals surface area contributed by atoms with Crippen LogP contribution in [0.5, 0.6) is 0 Å². The van der Waals surface area contributed by atoms with Crippen molar-refractivity contribution in [3.8, 4) is 0 Å². The molecule has 1 aromatic rings. The molecule has 1 aromatic carbocycles. The molecule has 1 aliphatic rings. The summed E-state index contributed by atoms with van der Waals surface area (Å²) < 4.78 is 0. The van der Waals surface area contributed by atoms with Gasteiger partial charge in [0.2, 0.25) is 0 Å². The van der Waals surface area contributed by atoms with Crippen LogP contribution in [0.1, 0.15) is 68.0 Å². The molecule has 0 saturated carbocycles. The van der Waals surface area contributed by atoms with Crippen LogP contribution >= 0.6 is 15.9 Å². The van der Waals surface area contributed by atoms with E-state index in [1.807, 2.05) is 0 Å². The van der Waals surface area contributed by atoms with Gasteiger partial charge in [0.25, 0.3) is 0 Å². The quantitative estimate of drug-likeness (QED) is 0.616. The zero-order chi connectivity index (χ0) is 13.2. The maximum absolute atomic E-state index is 3.87. The molecule has 0 saturated heterocycles. The lowest BCUT2D eigenvalue weighted by Crippen LogP contribution is -2.07. The van der Waals surface area contributed by atoms with Gasteiger partial charge >= 0.3 is 0 Å². The van der Waals surface area contributed by atoms with Crippen LogP contribution in [0.4, 0.5) is 0 Å². The monoisotopic (exact) mass is 308 g/mol. The van der Waals surface area contributed by atoms with Crippen LogP contribution in [-0.4, -0.2) is 0 Å². The van der Waals surface area contributed by atoms with E-state index in [4.69, 9.17) is 0 Å². The molecule has 0 aliphatic heterocycles. The largest absolute Gasteiger partial charge is 0.0839 e. The van der Waals surface area contributed by atoms with E-state index in [0.29, 0.717) is 10.2 Å². The average molecular weight is 309 g/mol. The van der Waals surface area contributed by atoms with Crippen LogP contribution in [0.25, 0.3) is 0 Å². The Morgan fingerprint density at radius 1 is 1.11 bits per heavy atom. The minimum Gasteiger partial charge on any atom is -0.0839 e. The number of fused-ring (bicyclic) bond motifs is 1. The molecule has 1 heteroatoms. The third kappa shape index (κ3) is 3.85. The van der Waals surface area contributed by atoms with Crippen molar-refractivity contribution >= 4 is 15.9 Å². The van der Waals surface area contributed by atoms with Crippen LogP contribution in [0.3, 0.4) is 0 Å². The third-order valence-electron chi connectivity index (χ3n) is 3.88. The Morgan fingerprint density at radius 2 is 1.78 bits per heavy atom. The molecule has 0 radical (unpaired) electrons. The van der Waals surface area contributed by atoms with Crippen molar-refractivity contribution in [2.75, 3.05) is 0 Å². The van der Waals surface area contributed by atoms with Gasteiger partial charge in [0, 0.05) is 4.83 Å². The summed E-state index contributed by atoms with van der Waals surface area (Å²) in [6.07, 6.45) is 7.79. The maximum Gasteiger partial charge on any atom is 0.0395 e. The van der Waals surface area contributed by atoms with Gasteiger partial charge in [-0.3, -0.25) is 0 Å². The smallest absolute Gasteiger partial charge is 0.0395 e. The van der Waals surface area contributed by atoms with Gasteiger partial charge in [-0.2, -0.15) is 0 Å². The molecule has 0 N–H and O–H groups in total. The van der Waals surface area contributed by atoms with Crippen molar-refractivity contribution in [1.82, 2.24) is 0 Å². The topological polar surface area (TPSA) is 0 Å². The molecule has 0 heterocycles. The van der Waals surface area contributed by atoms with Crippen LogP contribution in [0.15, 0.2) is 18.2 Å². The van der Waals surface area contributed by atoms with Crippen molar-refractivity contribution in [2.45, 2.75) is 64.1 Å². The van der Waals surface area contributed by atoms with E-state index in [0.717, 1.165) is 0 Å². The highest BCUT2D eigenvalue weighted by molar-refractivity contribution is 9.09. The maximum atomic E-state index is 3.87. The molecule has 0 bridgehead atoms. The molecule has 0 fully saturated rings. The van der Waals surface area contributed by atoms with Gasteiger partial charge in [0.15, 0.2) is 0 Å². The third-order valence-corrected chi connectivity index (χ3v) is 4.87. The van der Waals surface area contributed by atoms with E-state index in [2.05, 4.69) is 54.9 Å². The number of aryl methyl sites for hydroxylation is 2. The van der Waals surface area contributed by atoms with Crippen molar-refractivity contribution in [1.29, 1.82) is 0 Å². The highest BCUT2D eigenvalue weighted by atomic mass is 79.9. The Bertz CT molecular complexity index is 401. The van der Waals surface area contributed by atoms with Gasteiger partial charge in [0.1, 0.15) is 0 Å². The molecule has 1 atom stereocenters. The minimum absolute atomic E-state index is 0.431. The summed E-state index contributed by atoms with van der Waals surface area (Å²) >= 11 is 3.87. The standard InChI is InChI=1S/C17H25Br/c1-17(2,3)11-10-16(18)15-9-8-13-6-4-5-7-14(13)12-15/h8-9,12,16H,4-7,10-11H2,1-3H3. The molecule has 0 spiro atoms. The molecule has 0 aromatic heterocycles. The lowest BCUT2D eigenvalue weighted by molar-refractivity contribution is 0.365. The highest BCUT2D eigenvalue weighted by Crippen LogP contribution is 2.34. The lowest BCUT2D eigenvalue weighted by atomic mass is 9.87. The molecule has 0 nitrogen and oxygen atoms in total. The molecule has 1 aliphatic carbocycles. The summed E-state index contributed by atoms with van der Waals surface area (Å²) in [6, 6.07) is 7.12. The van der Waals surface area contributed by atoms with Crippen LogP contribution in [0.2, 0.25) is 0 Å². The summed E-state index contributed by atoms with van der Waals surface area (Å²) in [6.45, 7) is 6.96. The zero-order valence-corrected chi connectivity index (χ0v) is 13.5. The first-order chi connectivity index (χ1) is 8.46. The SMILES string of the molecule is CC(C)(C)CCC(Br)c1ccc2c(c1)CCCC2. The second-order valence-corrected chi connectivity index (χ2v) is 7.91. The molecular formula is C17H25Br. The normalized spacial score (nSPS) is 17.3. The summed E-state index contributed by atoms with van der Waals surface area (Å²) in [5.74, 6) is 0. The summed E-state index contributed by atoms with van der Waals surface area (Å²) in [4.78, 5) is 0.518. The number of alkyl halides is 1. The first kappa shape index (κ1) is 14.1. The molecular weight excluding hydrogens is 284 g/mol. The van der Waals surface area contributed by atoms with Gasteiger partial charge in [0.05, 0.1) is 0 Å². The molecule has 100 valence electrons. The fraction of sp³-hybridized carbons (Fsp3) is 0.647. The summed E-state index contributed by atoms with van der Waals surface area (Å²) in [7, 11) is 0. The Morgan fingerprint density at radius 3 is 2.44 bits per heavy atom. The predicted molar refractivity (Wildman–Crippen MR) is 83.4 cm³/mol. The number of halogens is 1. The van der Waals surface area contributed by atoms with E-state index >= 15 is 0 Å². The highest BCUT2D eigenvalue weighted by Gasteiger charge is 2.16. The van der Waals surface area contributed by atoms with E-state index in [-0.39, 0.29) is 0 Å². The van der Waals surface area contributed by atoms with Crippen molar-refractivity contribution in [2.24, 2.45) is 5.41 Å². The lowest BCUT2D eigenvalue weighted by Gasteiger charge is -2.22. The Balaban J connectivity index is 2.04. The minimum atomic E-state index is 0.431. The van der Waals surface area contributed by atoms with Crippen LogP contribution < -0.4 is 0 Å². The fourth-order valence-corrected chi connectivity index (χ4v) is 3.19. The molecule has 18 heavy (non-hydrogen) atoms. The average Bonchev–Trinajstić information content (AvgIpc) is 2.34. The van der Waals surface area contributed by atoms with Gasteiger partial charge in [-0.1, -0.05) is 54.9 Å². The number of rotatable bonds is 3. The molecule has 1 unspecified atom stereocenters.